The summed E-state index contributed by atoms with van der Waals surface area (Å²) in [6.45, 7) is 9.68. The van der Waals surface area contributed by atoms with Crippen molar-refractivity contribution in [2.24, 2.45) is 0 Å². The molecule has 6 heteroatoms. The van der Waals surface area contributed by atoms with Gasteiger partial charge in [0.1, 0.15) is 16.9 Å². The minimum atomic E-state index is -0.926. The van der Waals surface area contributed by atoms with Crippen LogP contribution in [0.1, 0.15) is 64.2 Å². The zero-order chi connectivity index (χ0) is 19.7. The van der Waals surface area contributed by atoms with Crippen LogP contribution in [0.2, 0.25) is 0 Å². The van der Waals surface area contributed by atoms with Crippen LogP contribution >= 0.6 is 0 Å². The molecule has 0 aliphatic rings. The van der Waals surface area contributed by atoms with E-state index in [9.17, 15) is 9.59 Å². The van der Waals surface area contributed by atoms with E-state index in [1.807, 2.05) is 20.8 Å². The maximum Gasteiger partial charge on any atom is 0.341 e. The molecular weight excluding hydrogens is 334 g/mol. The Kier molecular flexibility index (Phi) is 8.58. The molecule has 0 aliphatic heterocycles. The molecule has 1 amide bonds. The van der Waals surface area contributed by atoms with Crippen LogP contribution in [0.25, 0.3) is 0 Å². The normalized spacial score (nSPS) is 14.2. The molecule has 1 rings (SSSR count). The number of nitrogens with one attached hydrogen (secondary N) is 1. The Morgan fingerprint density at radius 1 is 1.23 bits per heavy atom. The van der Waals surface area contributed by atoms with Crippen molar-refractivity contribution in [1.29, 1.82) is 0 Å². The molecule has 0 radical (unpaired) electrons. The Bertz CT molecular complexity index is 616. The molecule has 0 heterocycles. The van der Waals surface area contributed by atoms with Gasteiger partial charge in [0.25, 0.3) is 5.91 Å². The van der Waals surface area contributed by atoms with Gasteiger partial charge in [-0.1, -0.05) is 20.3 Å². The van der Waals surface area contributed by atoms with Gasteiger partial charge in [-0.3, -0.25) is 4.79 Å². The maximum absolute atomic E-state index is 12.6. The van der Waals surface area contributed by atoms with Gasteiger partial charge in [-0.15, -0.1) is 0 Å². The molecule has 26 heavy (non-hydrogen) atoms. The molecule has 1 N–H and O–H groups in total. The molecule has 2 unspecified atom stereocenters. The van der Waals surface area contributed by atoms with Gasteiger partial charge in [0.2, 0.25) is 0 Å². The first-order valence-corrected chi connectivity index (χ1v) is 9.15. The third kappa shape index (κ3) is 5.73. The highest BCUT2D eigenvalue weighted by Crippen LogP contribution is 2.27. The largest absolute Gasteiger partial charge is 0.490 e. The first kappa shape index (κ1) is 22.0. The smallest absolute Gasteiger partial charge is 0.341 e. The number of carbonyl (C=O) groups excluding carboxylic acids is 2. The number of benzene rings is 1. The van der Waals surface area contributed by atoms with Crippen molar-refractivity contribution in [3.63, 3.8) is 0 Å². The van der Waals surface area contributed by atoms with Crippen molar-refractivity contribution in [3.8, 4) is 5.75 Å². The number of methoxy groups -OCH3 is 1. The standard InChI is InChI=1S/C20H31NO5/c1-7-12-20(5,24-6)19(23)21-15-10-11-17(26-14(4)8-2)16(13-15)18(22)25-9-3/h10-11,13-14H,7-9,12H2,1-6H3,(H,21,23). The highest BCUT2D eigenvalue weighted by molar-refractivity contribution is 5.99. The second-order valence-corrected chi connectivity index (χ2v) is 6.41. The monoisotopic (exact) mass is 365 g/mol. The van der Waals surface area contributed by atoms with Gasteiger partial charge in [0.15, 0.2) is 0 Å². The van der Waals surface area contributed by atoms with Crippen molar-refractivity contribution in [2.45, 2.75) is 65.6 Å². The number of anilines is 1. The number of esters is 1. The Morgan fingerprint density at radius 3 is 2.46 bits per heavy atom. The Hall–Kier alpha value is -2.08. The zero-order valence-corrected chi connectivity index (χ0v) is 16.7. The van der Waals surface area contributed by atoms with Gasteiger partial charge in [-0.2, -0.15) is 0 Å². The van der Waals surface area contributed by atoms with E-state index in [4.69, 9.17) is 14.2 Å². The summed E-state index contributed by atoms with van der Waals surface area (Å²) in [5.41, 5.74) is -0.140. The molecular formula is C20H31NO5. The van der Waals surface area contributed by atoms with Crippen LogP contribution in [0.5, 0.6) is 5.75 Å². The predicted molar refractivity (Wildman–Crippen MR) is 102 cm³/mol. The van der Waals surface area contributed by atoms with E-state index in [-0.39, 0.29) is 18.6 Å². The van der Waals surface area contributed by atoms with Gasteiger partial charge < -0.3 is 19.5 Å². The summed E-state index contributed by atoms with van der Waals surface area (Å²) < 4.78 is 16.3. The average Bonchev–Trinajstić information content (AvgIpc) is 2.62. The summed E-state index contributed by atoms with van der Waals surface area (Å²) in [6.07, 6.45) is 2.18. The fraction of sp³-hybridized carbons (Fsp3) is 0.600. The molecule has 0 aliphatic carbocycles. The number of hydrogen-bond acceptors (Lipinski definition) is 5. The number of amides is 1. The molecule has 2 atom stereocenters. The zero-order valence-electron chi connectivity index (χ0n) is 16.7. The van der Waals surface area contributed by atoms with Crippen LogP contribution < -0.4 is 10.1 Å². The lowest BCUT2D eigenvalue weighted by atomic mass is 9.99. The molecule has 0 aromatic heterocycles. The van der Waals surface area contributed by atoms with Gasteiger partial charge in [-0.25, -0.2) is 4.79 Å². The SMILES string of the molecule is CCCC(C)(OC)C(=O)Nc1ccc(OC(C)CC)c(C(=O)OCC)c1. The minimum Gasteiger partial charge on any atom is -0.490 e. The van der Waals surface area contributed by atoms with Gasteiger partial charge in [0, 0.05) is 12.8 Å². The first-order chi connectivity index (χ1) is 12.3. The Morgan fingerprint density at radius 2 is 1.92 bits per heavy atom. The molecule has 0 spiro atoms. The van der Waals surface area contributed by atoms with Crippen molar-refractivity contribution in [3.05, 3.63) is 23.8 Å². The molecule has 0 bridgehead atoms. The van der Waals surface area contributed by atoms with Crippen LogP contribution in [0.3, 0.4) is 0 Å². The second kappa shape index (κ2) is 10.2. The molecule has 0 fully saturated rings. The summed E-state index contributed by atoms with van der Waals surface area (Å²) in [6, 6.07) is 4.97. The van der Waals surface area contributed by atoms with Crippen LogP contribution in [-0.4, -0.2) is 37.3 Å². The molecule has 0 saturated carbocycles. The van der Waals surface area contributed by atoms with E-state index in [1.165, 1.54) is 7.11 Å². The Labute approximate surface area is 156 Å². The summed E-state index contributed by atoms with van der Waals surface area (Å²) in [5.74, 6) is -0.295. The number of hydrogen-bond donors (Lipinski definition) is 1. The quantitative estimate of drug-likeness (QED) is 0.630. The number of carbonyl (C=O) groups is 2. The van der Waals surface area contributed by atoms with Crippen LogP contribution in [0.15, 0.2) is 18.2 Å². The van der Waals surface area contributed by atoms with E-state index in [1.54, 1.807) is 32.0 Å². The third-order valence-corrected chi connectivity index (χ3v) is 4.29. The predicted octanol–water partition coefficient (Wildman–Crippen LogP) is 4.18. The molecule has 6 nitrogen and oxygen atoms in total. The topological polar surface area (TPSA) is 73.9 Å². The third-order valence-electron chi connectivity index (χ3n) is 4.29. The lowest BCUT2D eigenvalue weighted by Crippen LogP contribution is -2.41. The van der Waals surface area contributed by atoms with E-state index in [2.05, 4.69) is 5.32 Å². The first-order valence-electron chi connectivity index (χ1n) is 9.15. The minimum absolute atomic E-state index is 0.0371. The van der Waals surface area contributed by atoms with Crippen molar-refractivity contribution < 1.29 is 23.8 Å². The van der Waals surface area contributed by atoms with Crippen molar-refractivity contribution in [1.82, 2.24) is 0 Å². The lowest BCUT2D eigenvalue weighted by Gasteiger charge is -2.26. The molecule has 1 aromatic carbocycles. The van der Waals surface area contributed by atoms with Gasteiger partial charge in [-0.05, 0) is 51.8 Å². The van der Waals surface area contributed by atoms with Gasteiger partial charge in [0.05, 0.1) is 12.7 Å². The molecule has 146 valence electrons. The van der Waals surface area contributed by atoms with E-state index >= 15 is 0 Å². The highest BCUT2D eigenvalue weighted by atomic mass is 16.5. The number of ether oxygens (including phenoxy) is 3. The molecule has 1 aromatic rings. The van der Waals surface area contributed by atoms with Crippen LogP contribution in [-0.2, 0) is 14.3 Å². The van der Waals surface area contributed by atoms with Crippen LogP contribution in [0.4, 0.5) is 5.69 Å². The van der Waals surface area contributed by atoms with E-state index in [0.717, 1.165) is 12.8 Å². The summed E-state index contributed by atoms with van der Waals surface area (Å²) in [5, 5.41) is 2.82. The Balaban J connectivity index is 3.12. The lowest BCUT2D eigenvalue weighted by molar-refractivity contribution is -0.136. The summed E-state index contributed by atoms with van der Waals surface area (Å²) in [4.78, 5) is 24.9. The highest BCUT2D eigenvalue weighted by Gasteiger charge is 2.32. The summed E-state index contributed by atoms with van der Waals surface area (Å²) in [7, 11) is 1.52. The fourth-order valence-electron chi connectivity index (χ4n) is 2.43. The van der Waals surface area contributed by atoms with E-state index in [0.29, 0.717) is 23.4 Å². The second-order valence-electron chi connectivity index (χ2n) is 6.41. The van der Waals surface area contributed by atoms with Gasteiger partial charge >= 0.3 is 5.97 Å². The average molecular weight is 365 g/mol. The van der Waals surface area contributed by atoms with Crippen molar-refractivity contribution in [2.75, 3.05) is 19.0 Å². The number of rotatable bonds is 10. The van der Waals surface area contributed by atoms with Crippen molar-refractivity contribution >= 4 is 17.6 Å². The summed E-state index contributed by atoms with van der Waals surface area (Å²) >= 11 is 0. The fourth-order valence-corrected chi connectivity index (χ4v) is 2.43. The van der Waals surface area contributed by atoms with Crippen LogP contribution in [0, 0.1) is 0 Å². The molecule has 0 saturated heterocycles. The van der Waals surface area contributed by atoms with E-state index < -0.39 is 11.6 Å². The maximum atomic E-state index is 12.6.